The molecule has 0 aliphatic carbocycles. The molecule has 0 saturated heterocycles. The summed E-state index contributed by atoms with van der Waals surface area (Å²) in [5.74, 6) is 1.00. The van der Waals surface area contributed by atoms with Crippen molar-refractivity contribution in [1.82, 2.24) is 4.57 Å². The molecule has 3 aromatic rings. The Balaban J connectivity index is 2.65. The molecule has 0 saturated carbocycles. The van der Waals surface area contributed by atoms with Crippen molar-refractivity contribution in [3.63, 3.8) is 0 Å². The summed E-state index contributed by atoms with van der Waals surface area (Å²) in [5, 5.41) is 2.57. The van der Waals surface area contributed by atoms with E-state index in [4.69, 9.17) is 4.74 Å². The average Bonchev–Trinajstić information content (AvgIpc) is 2.73. The highest BCUT2D eigenvalue weighted by Gasteiger charge is 2.16. The van der Waals surface area contributed by atoms with Crippen LogP contribution in [0, 0.1) is 13.8 Å². The van der Waals surface area contributed by atoms with Crippen LogP contribution in [0.5, 0.6) is 5.75 Å². The van der Waals surface area contributed by atoms with Crippen molar-refractivity contribution in [2.45, 2.75) is 27.3 Å². The van der Waals surface area contributed by atoms with Crippen molar-refractivity contribution < 1.29 is 4.74 Å². The van der Waals surface area contributed by atoms with Gasteiger partial charge < -0.3 is 9.30 Å². The van der Waals surface area contributed by atoms with E-state index in [1.165, 1.54) is 32.9 Å². The van der Waals surface area contributed by atoms with Gasteiger partial charge in [-0.3, -0.25) is 0 Å². The van der Waals surface area contributed by atoms with Gasteiger partial charge in [0.2, 0.25) is 0 Å². The monoisotopic (exact) mass is 253 g/mol. The molecule has 0 aliphatic heterocycles. The molecule has 2 heteroatoms. The van der Waals surface area contributed by atoms with Crippen molar-refractivity contribution in [2.24, 2.45) is 0 Å². The van der Waals surface area contributed by atoms with Crippen molar-refractivity contribution in [1.29, 1.82) is 0 Å². The van der Waals surface area contributed by atoms with E-state index < -0.39 is 0 Å². The topological polar surface area (TPSA) is 14.2 Å². The quantitative estimate of drug-likeness (QED) is 0.658. The zero-order chi connectivity index (χ0) is 13.6. The van der Waals surface area contributed by atoms with Crippen molar-refractivity contribution in [3.8, 4) is 5.75 Å². The first-order valence-corrected chi connectivity index (χ1v) is 6.74. The molecule has 2 aromatic carbocycles. The fourth-order valence-electron chi connectivity index (χ4n) is 3.08. The molecular weight excluding hydrogens is 234 g/mol. The Morgan fingerprint density at radius 1 is 0.947 bits per heavy atom. The van der Waals surface area contributed by atoms with E-state index in [9.17, 15) is 0 Å². The molecule has 0 atom stereocenters. The SMILES string of the molecule is CCn1c2cccc(C)c2c2c(OC)c(C)ccc21. The molecule has 0 radical (unpaired) electrons. The summed E-state index contributed by atoms with van der Waals surface area (Å²) in [6, 6.07) is 10.8. The Morgan fingerprint density at radius 2 is 1.68 bits per heavy atom. The molecule has 0 unspecified atom stereocenters. The van der Waals surface area contributed by atoms with Crippen LogP contribution in [0.3, 0.4) is 0 Å². The average molecular weight is 253 g/mol. The third-order valence-corrected chi connectivity index (χ3v) is 3.94. The summed E-state index contributed by atoms with van der Waals surface area (Å²) in [6.07, 6.45) is 0. The molecule has 98 valence electrons. The minimum Gasteiger partial charge on any atom is -0.496 e. The molecule has 0 N–H and O–H groups in total. The number of hydrogen-bond acceptors (Lipinski definition) is 1. The van der Waals surface area contributed by atoms with Gasteiger partial charge in [-0.05, 0) is 44.0 Å². The summed E-state index contributed by atoms with van der Waals surface area (Å²) in [4.78, 5) is 0. The van der Waals surface area contributed by atoms with Crippen LogP contribution >= 0.6 is 0 Å². The maximum absolute atomic E-state index is 5.67. The Kier molecular flexibility index (Phi) is 2.74. The molecule has 19 heavy (non-hydrogen) atoms. The lowest BCUT2D eigenvalue weighted by molar-refractivity contribution is 0.417. The highest BCUT2D eigenvalue weighted by atomic mass is 16.5. The number of aromatic nitrogens is 1. The zero-order valence-electron chi connectivity index (χ0n) is 11.9. The van der Waals surface area contributed by atoms with Crippen molar-refractivity contribution >= 4 is 21.8 Å². The van der Waals surface area contributed by atoms with Gasteiger partial charge in [0.05, 0.1) is 18.0 Å². The zero-order valence-corrected chi connectivity index (χ0v) is 11.9. The predicted molar refractivity (Wildman–Crippen MR) is 81.1 cm³/mol. The van der Waals surface area contributed by atoms with E-state index in [0.29, 0.717) is 0 Å². The van der Waals surface area contributed by atoms with Gasteiger partial charge >= 0.3 is 0 Å². The number of fused-ring (bicyclic) bond motifs is 3. The van der Waals surface area contributed by atoms with Crippen LogP contribution < -0.4 is 4.74 Å². The van der Waals surface area contributed by atoms with Crippen LogP contribution in [0.25, 0.3) is 21.8 Å². The van der Waals surface area contributed by atoms with E-state index in [1.807, 2.05) is 0 Å². The molecule has 0 aliphatic rings. The Morgan fingerprint density at radius 3 is 2.37 bits per heavy atom. The largest absolute Gasteiger partial charge is 0.496 e. The van der Waals surface area contributed by atoms with Crippen LogP contribution in [-0.2, 0) is 6.54 Å². The summed E-state index contributed by atoms with van der Waals surface area (Å²) >= 11 is 0. The fourth-order valence-corrected chi connectivity index (χ4v) is 3.08. The molecule has 0 fully saturated rings. The smallest absolute Gasteiger partial charge is 0.131 e. The van der Waals surface area contributed by atoms with E-state index in [2.05, 4.69) is 55.7 Å². The van der Waals surface area contributed by atoms with E-state index in [1.54, 1.807) is 7.11 Å². The van der Waals surface area contributed by atoms with Crippen molar-refractivity contribution in [3.05, 3.63) is 41.5 Å². The number of hydrogen-bond donors (Lipinski definition) is 0. The molecule has 1 aromatic heterocycles. The van der Waals surface area contributed by atoms with Gasteiger partial charge in [0, 0.05) is 17.4 Å². The maximum Gasteiger partial charge on any atom is 0.131 e. The van der Waals surface area contributed by atoms with Gasteiger partial charge in [-0.15, -0.1) is 0 Å². The Labute approximate surface area is 113 Å². The number of nitrogens with zero attached hydrogens (tertiary/aromatic N) is 1. The summed E-state index contributed by atoms with van der Waals surface area (Å²) < 4.78 is 8.03. The molecular formula is C17H19NO. The molecule has 2 nitrogen and oxygen atoms in total. The van der Waals surface area contributed by atoms with Gasteiger partial charge in [-0.25, -0.2) is 0 Å². The Bertz CT molecular complexity index is 768. The molecule has 0 amide bonds. The van der Waals surface area contributed by atoms with Gasteiger partial charge in [0.15, 0.2) is 0 Å². The lowest BCUT2D eigenvalue weighted by Crippen LogP contribution is -1.93. The molecule has 0 spiro atoms. The first-order chi connectivity index (χ1) is 9.19. The standard InChI is InChI=1S/C17H19NO/c1-5-18-13-8-6-7-11(2)15(13)16-14(18)10-9-12(3)17(16)19-4/h6-10H,5H2,1-4H3. The number of aryl methyl sites for hydroxylation is 3. The minimum atomic E-state index is 0.968. The first-order valence-electron chi connectivity index (χ1n) is 6.74. The van der Waals surface area contributed by atoms with Crippen LogP contribution in [0.4, 0.5) is 0 Å². The molecule has 1 heterocycles. The lowest BCUT2D eigenvalue weighted by atomic mass is 10.0. The highest BCUT2D eigenvalue weighted by molar-refractivity contribution is 6.13. The number of rotatable bonds is 2. The van der Waals surface area contributed by atoms with Gasteiger partial charge in [0.1, 0.15) is 5.75 Å². The van der Waals surface area contributed by atoms with Crippen LogP contribution in [0.2, 0.25) is 0 Å². The normalized spacial score (nSPS) is 11.4. The second kappa shape index (κ2) is 4.30. The molecule has 0 bridgehead atoms. The third kappa shape index (κ3) is 1.56. The van der Waals surface area contributed by atoms with Crippen molar-refractivity contribution in [2.75, 3.05) is 7.11 Å². The second-order valence-corrected chi connectivity index (χ2v) is 5.02. The van der Waals surface area contributed by atoms with Gasteiger partial charge in [-0.2, -0.15) is 0 Å². The number of methoxy groups -OCH3 is 1. The highest BCUT2D eigenvalue weighted by Crippen LogP contribution is 2.39. The fraction of sp³-hybridized carbons (Fsp3) is 0.294. The summed E-state index contributed by atoms with van der Waals surface area (Å²) in [5.41, 5.74) is 5.04. The predicted octanol–water partition coefficient (Wildman–Crippen LogP) is 4.44. The summed E-state index contributed by atoms with van der Waals surface area (Å²) in [7, 11) is 1.76. The second-order valence-electron chi connectivity index (χ2n) is 5.02. The lowest BCUT2D eigenvalue weighted by Gasteiger charge is -2.08. The maximum atomic E-state index is 5.67. The third-order valence-electron chi connectivity index (χ3n) is 3.94. The van der Waals surface area contributed by atoms with Crippen LogP contribution in [0.1, 0.15) is 18.1 Å². The van der Waals surface area contributed by atoms with Crippen LogP contribution in [0.15, 0.2) is 30.3 Å². The van der Waals surface area contributed by atoms with Gasteiger partial charge in [0.25, 0.3) is 0 Å². The number of benzene rings is 2. The molecule has 3 rings (SSSR count). The van der Waals surface area contributed by atoms with Gasteiger partial charge in [-0.1, -0.05) is 18.2 Å². The van der Waals surface area contributed by atoms with Crippen LogP contribution in [-0.4, -0.2) is 11.7 Å². The summed E-state index contributed by atoms with van der Waals surface area (Å²) in [6.45, 7) is 7.43. The van der Waals surface area contributed by atoms with E-state index in [0.717, 1.165) is 12.3 Å². The first kappa shape index (κ1) is 12.1. The minimum absolute atomic E-state index is 0.968. The number of ether oxygens (including phenoxy) is 1. The van der Waals surface area contributed by atoms with E-state index >= 15 is 0 Å². The Hall–Kier alpha value is -1.96. The van der Waals surface area contributed by atoms with E-state index in [-0.39, 0.29) is 0 Å².